The number of hydrogen-bond donors (Lipinski definition) is 4. The molecule has 5 rings (SSSR count). The Labute approximate surface area is 313 Å². The Bertz CT molecular complexity index is 1950. The fraction of sp³-hybridized carbons (Fsp3) is 0.342. The van der Waals surface area contributed by atoms with E-state index in [-0.39, 0.29) is 35.8 Å². The lowest BCUT2D eigenvalue weighted by atomic mass is 10.0. The van der Waals surface area contributed by atoms with E-state index in [1.54, 1.807) is 49.8 Å². The number of amides is 3. The number of nitrogens with one attached hydrogen (secondary N) is 4. The van der Waals surface area contributed by atoms with E-state index in [1.165, 1.54) is 22.5 Å². The SMILES string of the molecule is CC(NC(=O)c1cc(C(=O)N[C@H](CN[C@@H](C)C(=O)NCC2CC2)Cc2ccccn2)cc(N(Cc2ccc(Br)cc2)S(C)(=O)=O)c1)c1cccnc1. The first-order chi connectivity index (χ1) is 24.9. The Morgan fingerprint density at radius 3 is 2.25 bits per heavy atom. The predicted octanol–water partition coefficient (Wildman–Crippen LogP) is 4.54. The van der Waals surface area contributed by atoms with Gasteiger partial charge in [-0.3, -0.25) is 28.7 Å². The summed E-state index contributed by atoms with van der Waals surface area (Å²) in [5.74, 6) is -0.601. The zero-order valence-electron chi connectivity index (χ0n) is 29.4. The summed E-state index contributed by atoms with van der Waals surface area (Å²) in [5, 5.41) is 12.2. The number of rotatable bonds is 17. The molecule has 2 aromatic heterocycles. The van der Waals surface area contributed by atoms with Crippen LogP contribution in [0.1, 0.15) is 70.3 Å². The Balaban J connectivity index is 1.44. The quantitative estimate of drug-likeness (QED) is 0.121. The monoisotopic (exact) mass is 789 g/mol. The van der Waals surface area contributed by atoms with Crippen molar-refractivity contribution in [3.8, 4) is 0 Å². The van der Waals surface area contributed by atoms with E-state index in [0.29, 0.717) is 24.4 Å². The van der Waals surface area contributed by atoms with E-state index >= 15 is 0 Å². The molecular weight excluding hydrogens is 746 g/mol. The van der Waals surface area contributed by atoms with Gasteiger partial charge in [0.2, 0.25) is 15.9 Å². The van der Waals surface area contributed by atoms with Crippen LogP contribution < -0.4 is 25.6 Å². The zero-order valence-corrected chi connectivity index (χ0v) is 31.8. The van der Waals surface area contributed by atoms with E-state index in [2.05, 4.69) is 47.2 Å². The van der Waals surface area contributed by atoms with Gasteiger partial charge in [0.15, 0.2) is 0 Å². The molecule has 2 aromatic carbocycles. The Kier molecular flexibility index (Phi) is 13.1. The van der Waals surface area contributed by atoms with Gasteiger partial charge in [0, 0.05) is 65.4 Å². The Hall–Kier alpha value is -4.66. The number of benzene rings is 2. The highest BCUT2D eigenvalue weighted by Gasteiger charge is 2.26. The van der Waals surface area contributed by atoms with Crippen molar-refractivity contribution in [2.45, 2.75) is 57.8 Å². The van der Waals surface area contributed by atoms with Crippen molar-refractivity contribution in [1.82, 2.24) is 31.2 Å². The molecule has 274 valence electrons. The summed E-state index contributed by atoms with van der Waals surface area (Å²) >= 11 is 3.41. The number of nitrogens with zero attached hydrogens (tertiary/aromatic N) is 3. The third-order valence-corrected chi connectivity index (χ3v) is 10.4. The van der Waals surface area contributed by atoms with Gasteiger partial charge in [-0.2, -0.15) is 0 Å². The third kappa shape index (κ3) is 11.4. The van der Waals surface area contributed by atoms with Crippen molar-refractivity contribution in [2.24, 2.45) is 5.92 Å². The number of anilines is 1. The number of hydrogen-bond acceptors (Lipinski definition) is 8. The van der Waals surface area contributed by atoms with Gasteiger partial charge in [-0.1, -0.05) is 40.2 Å². The minimum atomic E-state index is -3.88. The van der Waals surface area contributed by atoms with Crippen LogP contribution in [0.25, 0.3) is 0 Å². The fourth-order valence-electron chi connectivity index (χ4n) is 5.51. The number of carbonyl (C=O) groups is 3. The summed E-state index contributed by atoms with van der Waals surface area (Å²) in [6.45, 7) is 4.45. The minimum Gasteiger partial charge on any atom is -0.354 e. The highest BCUT2D eigenvalue weighted by atomic mass is 79.9. The normalized spacial score (nSPS) is 14.5. The highest BCUT2D eigenvalue weighted by Crippen LogP contribution is 2.28. The smallest absolute Gasteiger partial charge is 0.251 e. The molecule has 0 aliphatic heterocycles. The van der Waals surface area contributed by atoms with Crippen molar-refractivity contribution >= 4 is 49.4 Å². The van der Waals surface area contributed by atoms with Gasteiger partial charge in [0.25, 0.3) is 11.8 Å². The molecule has 1 aliphatic carbocycles. The maximum Gasteiger partial charge on any atom is 0.251 e. The van der Waals surface area contributed by atoms with Gasteiger partial charge in [0.1, 0.15) is 0 Å². The van der Waals surface area contributed by atoms with Crippen LogP contribution in [0.5, 0.6) is 0 Å². The molecule has 14 heteroatoms. The number of halogens is 1. The molecule has 0 bridgehead atoms. The second-order valence-electron chi connectivity index (χ2n) is 13.2. The summed E-state index contributed by atoms with van der Waals surface area (Å²) in [6, 6.07) is 19.3. The third-order valence-electron chi connectivity index (χ3n) is 8.74. The summed E-state index contributed by atoms with van der Waals surface area (Å²) < 4.78 is 28.5. The Morgan fingerprint density at radius 2 is 1.63 bits per heavy atom. The van der Waals surface area contributed by atoms with E-state index in [0.717, 1.165) is 34.8 Å². The molecule has 1 aliphatic rings. The second kappa shape index (κ2) is 17.7. The molecule has 3 amide bonds. The van der Waals surface area contributed by atoms with Crippen molar-refractivity contribution in [1.29, 1.82) is 0 Å². The van der Waals surface area contributed by atoms with Crippen LogP contribution in [0, 0.1) is 5.92 Å². The average molecular weight is 791 g/mol. The summed E-state index contributed by atoms with van der Waals surface area (Å²) in [4.78, 5) is 49.1. The van der Waals surface area contributed by atoms with Gasteiger partial charge >= 0.3 is 0 Å². The molecule has 12 nitrogen and oxygen atoms in total. The largest absolute Gasteiger partial charge is 0.354 e. The maximum absolute atomic E-state index is 14.1. The van der Waals surface area contributed by atoms with Gasteiger partial charge in [0.05, 0.1) is 30.6 Å². The lowest BCUT2D eigenvalue weighted by molar-refractivity contribution is -0.122. The van der Waals surface area contributed by atoms with Crippen LogP contribution in [-0.2, 0) is 27.8 Å². The predicted molar refractivity (Wildman–Crippen MR) is 204 cm³/mol. The van der Waals surface area contributed by atoms with Crippen LogP contribution in [-0.4, -0.2) is 67.5 Å². The maximum atomic E-state index is 14.1. The molecular formula is C38H44BrN7O5S. The summed E-state index contributed by atoms with van der Waals surface area (Å²) in [5.41, 5.74) is 2.55. The lowest BCUT2D eigenvalue weighted by Crippen LogP contribution is -2.49. The lowest BCUT2D eigenvalue weighted by Gasteiger charge is -2.25. The van der Waals surface area contributed by atoms with Crippen LogP contribution in [0.15, 0.2) is 95.9 Å². The molecule has 4 N–H and O–H groups in total. The standard InChI is InChI=1S/C38H44BrN7O5S/c1-25(29-7-6-15-40-22-29)44-37(48)30-17-31(19-35(18-30)46(52(3,50)51)24-28-11-13-32(39)14-12-28)38(49)45-34(20-33-8-4-5-16-41-33)23-42-26(2)36(47)43-21-27-9-10-27/h4-8,11-19,22,25-27,34,42H,9-10,20-21,23-24H2,1-3H3,(H,43,47)(H,44,48)(H,45,49)/t25?,26-,34-/m0/s1. The molecule has 4 aromatic rings. The van der Waals surface area contributed by atoms with Crippen LogP contribution in [0.4, 0.5) is 5.69 Å². The van der Waals surface area contributed by atoms with E-state index in [1.807, 2.05) is 37.3 Å². The Morgan fingerprint density at radius 1 is 0.923 bits per heavy atom. The minimum absolute atomic E-state index is 0.0305. The van der Waals surface area contributed by atoms with Crippen molar-refractivity contribution in [2.75, 3.05) is 23.7 Å². The van der Waals surface area contributed by atoms with Crippen LogP contribution in [0.3, 0.4) is 0 Å². The number of aromatic nitrogens is 2. The van der Waals surface area contributed by atoms with Crippen LogP contribution >= 0.6 is 15.9 Å². The van der Waals surface area contributed by atoms with Gasteiger partial charge < -0.3 is 21.3 Å². The molecule has 0 saturated heterocycles. The van der Waals surface area contributed by atoms with Crippen molar-refractivity contribution in [3.05, 3.63) is 124 Å². The molecule has 0 spiro atoms. The number of sulfonamides is 1. The molecule has 0 radical (unpaired) electrons. The summed E-state index contributed by atoms with van der Waals surface area (Å²) in [6.07, 6.45) is 8.64. The topological polar surface area (TPSA) is 162 Å². The second-order valence-corrected chi connectivity index (χ2v) is 16.0. The first kappa shape index (κ1) is 38.6. The number of carbonyl (C=O) groups excluding carboxylic acids is 3. The first-order valence-electron chi connectivity index (χ1n) is 17.2. The molecule has 1 fully saturated rings. The fourth-order valence-corrected chi connectivity index (χ4v) is 6.65. The number of pyridine rings is 2. The molecule has 52 heavy (non-hydrogen) atoms. The van der Waals surface area contributed by atoms with Crippen molar-refractivity contribution in [3.63, 3.8) is 0 Å². The van der Waals surface area contributed by atoms with E-state index in [4.69, 9.17) is 0 Å². The van der Waals surface area contributed by atoms with Crippen LogP contribution in [0.2, 0.25) is 0 Å². The average Bonchev–Trinajstić information content (AvgIpc) is 3.97. The molecule has 1 unspecified atom stereocenters. The molecule has 3 atom stereocenters. The van der Waals surface area contributed by atoms with E-state index in [9.17, 15) is 22.8 Å². The van der Waals surface area contributed by atoms with E-state index < -0.39 is 40.0 Å². The van der Waals surface area contributed by atoms with Gasteiger partial charge in [-0.05, 0) is 92.3 Å². The molecule has 2 heterocycles. The zero-order chi connectivity index (χ0) is 37.3. The van der Waals surface area contributed by atoms with Gasteiger partial charge in [-0.25, -0.2) is 8.42 Å². The van der Waals surface area contributed by atoms with Gasteiger partial charge in [-0.15, -0.1) is 0 Å². The first-order valence-corrected chi connectivity index (χ1v) is 19.8. The highest BCUT2D eigenvalue weighted by molar-refractivity contribution is 9.10. The molecule has 1 saturated carbocycles. The summed E-state index contributed by atoms with van der Waals surface area (Å²) in [7, 11) is -3.88. The van der Waals surface area contributed by atoms with Crippen molar-refractivity contribution < 1.29 is 22.8 Å².